The zero-order chi connectivity index (χ0) is 9.80. The molecule has 0 radical (unpaired) electrons. The van der Waals surface area contributed by atoms with Crippen molar-refractivity contribution in [2.24, 2.45) is 5.84 Å². The van der Waals surface area contributed by atoms with Crippen LogP contribution in [0.25, 0.3) is 0 Å². The van der Waals surface area contributed by atoms with Gasteiger partial charge in [-0.25, -0.2) is 5.43 Å². The van der Waals surface area contributed by atoms with E-state index in [1.54, 1.807) is 29.9 Å². The van der Waals surface area contributed by atoms with Gasteiger partial charge >= 0.3 is 0 Å². The molecule has 3 N–H and O–H groups in total. The van der Waals surface area contributed by atoms with E-state index in [1.165, 1.54) is 0 Å². The topological polar surface area (TPSA) is 63.8 Å². The SMILES string of the molecule is NNC(c1ccsc1)c1cnccn1. The van der Waals surface area contributed by atoms with Gasteiger partial charge in [0.25, 0.3) is 0 Å². The second-order valence-corrected chi connectivity index (χ2v) is 3.57. The van der Waals surface area contributed by atoms with Gasteiger partial charge in [0.1, 0.15) is 0 Å². The van der Waals surface area contributed by atoms with Crippen molar-refractivity contribution < 1.29 is 0 Å². The highest BCUT2D eigenvalue weighted by Crippen LogP contribution is 2.20. The first-order chi connectivity index (χ1) is 6.92. The minimum atomic E-state index is -0.0741. The van der Waals surface area contributed by atoms with Crippen LogP contribution >= 0.6 is 11.3 Å². The van der Waals surface area contributed by atoms with Crippen molar-refractivity contribution in [2.45, 2.75) is 6.04 Å². The first-order valence-corrected chi connectivity index (χ1v) is 5.10. The molecule has 0 saturated carbocycles. The molecule has 5 heteroatoms. The van der Waals surface area contributed by atoms with Crippen LogP contribution in [0.3, 0.4) is 0 Å². The number of hydrogen-bond acceptors (Lipinski definition) is 5. The van der Waals surface area contributed by atoms with E-state index in [2.05, 4.69) is 15.4 Å². The van der Waals surface area contributed by atoms with Crippen LogP contribution in [-0.2, 0) is 0 Å². The lowest BCUT2D eigenvalue weighted by Crippen LogP contribution is -2.29. The van der Waals surface area contributed by atoms with Gasteiger partial charge in [-0.15, -0.1) is 0 Å². The maximum atomic E-state index is 5.48. The van der Waals surface area contributed by atoms with E-state index in [-0.39, 0.29) is 6.04 Å². The molecule has 14 heavy (non-hydrogen) atoms. The quantitative estimate of drug-likeness (QED) is 0.583. The van der Waals surface area contributed by atoms with Crippen molar-refractivity contribution in [3.8, 4) is 0 Å². The number of thiophene rings is 1. The first-order valence-electron chi connectivity index (χ1n) is 4.16. The van der Waals surface area contributed by atoms with Crippen LogP contribution < -0.4 is 11.3 Å². The molecule has 0 aliphatic heterocycles. The smallest absolute Gasteiger partial charge is 0.0905 e. The summed E-state index contributed by atoms with van der Waals surface area (Å²) in [6, 6.07) is 1.94. The van der Waals surface area contributed by atoms with Gasteiger partial charge < -0.3 is 0 Å². The van der Waals surface area contributed by atoms with Crippen LogP contribution in [0, 0.1) is 0 Å². The summed E-state index contributed by atoms with van der Waals surface area (Å²) in [5.41, 5.74) is 4.66. The minimum absolute atomic E-state index is 0.0741. The molecule has 0 saturated heterocycles. The molecule has 2 aromatic rings. The fourth-order valence-electron chi connectivity index (χ4n) is 1.25. The van der Waals surface area contributed by atoms with Gasteiger partial charge in [-0.1, -0.05) is 0 Å². The lowest BCUT2D eigenvalue weighted by molar-refractivity contribution is 0.619. The van der Waals surface area contributed by atoms with Crippen LogP contribution in [0.2, 0.25) is 0 Å². The van der Waals surface area contributed by atoms with Gasteiger partial charge in [-0.2, -0.15) is 11.3 Å². The maximum absolute atomic E-state index is 5.48. The number of aromatic nitrogens is 2. The molecular formula is C9H10N4S. The predicted octanol–water partition coefficient (Wildman–Crippen LogP) is 1.09. The van der Waals surface area contributed by atoms with E-state index in [0.717, 1.165) is 11.3 Å². The molecule has 0 aliphatic rings. The standard InChI is InChI=1S/C9H10N4S/c10-13-9(7-1-4-14-6-7)8-5-11-2-3-12-8/h1-6,9,13H,10H2. The van der Waals surface area contributed by atoms with E-state index in [0.29, 0.717) is 0 Å². The third-order valence-electron chi connectivity index (χ3n) is 1.92. The monoisotopic (exact) mass is 206 g/mol. The average molecular weight is 206 g/mol. The van der Waals surface area contributed by atoms with Crippen molar-refractivity contribution in [1.82, 2.24) is 15.4 Å². The molecule has 0 amide bonds. The number of rotatable bonds is 3. The maximum Gasteiger partial charge on any atom is 0.0905 e. The molecule has 0 aliphatic carbocycles. The highest BCUT2D eigenvalue weighted by molar-refractivity contribution is 7.08. The Labute approximate surface area is 85.8 Å². The van der Waals surface area contributed by atoms with Crippen LogP contribution in [0.5, 0.6) is 0 Å². The molecule has 2 heterocycles. The molecule has 0 bridgehead atoms. The number of hydrazine groups is 1. The second kappa shape index (κ2) is 4.28. The molecule has 2 rings (SSSR count). The predicted molar refractivity (Wildman–Crippen MR) is 55.5 cm³/mol. The number of nitrogens with one attached hydrogen (secondary N) is 1. The second-order valence-electron chi connectivity index (χ2n) is 2.79. The lowest BCUT2D eigenvalue weighted by atomic mass is 10.1. The van der Waals surface area contributed by atoms with Crippen LogP contribution in [0.15, 0.2) is 35.4 Å². The molecule has 0 spiro atoms. The Hall–Kier alpha value is -1.30. The lowest BCUT2D eigenvalue weighted by Gasteiger charge is -2.12. The molecule has 0 aromatic carbocycles. The Balaban J connectivity index is 2.31. The Morgan fingerprint density at radius 2 is 2.36 bits per heavy atom. The van der Waals surface area contributed by atoms with E-state index in [1.807, 2.05) is 16.8 Å². The number of nitrogens with two attached hydrogens (primary N) is 1. The molecule has 0 fully saturated rings. The highest BCUT2D eigenvalue weighted by Gasteiger charge is 2.13. The summed E-state index contributed by atoms with van der Waals surface area (Å²) >= 11 is 1.63. The normalized spacial score (nSPS) is 12.6. The zero-order valence-corrected chi connectivity index (χ0v) is 8.24. The third-order valence-corrected chi connectivity index (χ3v) is 2.62. The van der Waals surface area contributed by atoms with Gasteiger partial charge in [-0.05, 0) is 22.4 Å². The molecule has 4 nitrogen and oxygen atoms in total. The molecule has 1 atom stereocenters. The van der Waals surface area contributed by atoms with Gasteiger partial charge in [0.15, 0.2) is 0 Å². The molecule has 1 unspecified atom stereocenters. The summed E-state index contributed by atoms with van der Waals surface area (Å²) in [5.74, 6) is 5.48. The highest BCUT2D eigenvalue weighted by atomic mass is 32.1. The van der Waals surface area contributed by atoms with Crippen molar-refractivity contribution in [3.63, 3.8) is 0 Å². The van der Waals surface area contributed by atoms with Crippen molar-refractivity contribution in [2.75, 3.05) is 0 Å². The summed E-state index contributed by atoms with van der Waals surface area (Å²) in [5, 5.41) is 4.05. The van der Waals surface area contributed by atoms with E-state index in [9.17, 15) is 0 Å². The van der Waals surface area contributed by atoms with E-state index in [4.69, 9.17) is 5.84 Å². The summed E-state index contributed by atoms with van der Waals surface area (Å²) in [6.07, 6.45) is 5.01. The Bertz CT molecular complexity index is 373. The van der Waals surface area contributed by atoms with Crippen molar-refractivity contribution in [3.05, 3.63) is 46.7 Å². The molecule has 72 valence electrons. The summed E-state index contributed by atoms with van der Waals surface area (Å²) < 4.78 is 0. The van der Waals surface area contributed by atoms with Gasteiger partial charge in [0.05, 0.1) is 17.9 Å². The van der Waals surface area contributed by atoms with Crippen molar-refractivity contribution >= 4 is 11.3 Å². The van der Waals surface area contributed by atoms with Gasteiger partial charge in [0.2, 0.25) is 0 Å². The Morgan fingerprint density at radius 3 is 2.93 bits per heavy atom. The van der Waals surface area contributed by atoms with Crippen LogP contribution in [0.1, 0.15) is 17.3 Å². The number of nitrogens with zero attached hydrogens (tertiary/aromatic N) is 2. The number of hydrogen-bond donors (Lipinski definition) is 2. The summed E-state index contributed by atoms with van der Waals surface area (Å²) in [7, 11) is 0. The third kappa shape index (κ3) is 1.79. The Morgan fingerprint density at radius 1 is 1.43 bits per heavy atom. The van der Waals surface area contributed by atoms with Gasteiger partial charge in [0, 0.05) is 12.4 Å². The molecular weight excluding hydrogens is 196 g/mol. The fourth-order valence-corrected chi connectivity index (χ4v) is 1.94. The largest absolute Gasteiger partial charge is 0.271 e. The summed E-state index contributed by atoms with van der Waals surface area (Å²) in [4.78, 5) is 8.21. The van der Waals surface area contributed by atoms with Gasteiger partial charge in [-0.3, -0.25) is 15.8 Å². The van der Waals surface area contributed by atoms with Crippen LogP contribution in [0.4, 0.5) is 0 Å². The van der Waals surface area contributed by atoms with E-state index >= 15 is 0 Å². The Kier molecular flexibility index (Phi) is 2.83. The van der Waals surface area contributed by atoms with Crippen LogP contribution in [-0.4, -0.2) is 9.97 Å². The minimum Gasteiger partial charge on any atom is -0.271 e. The summed E-state index contributed by atoms with van der Waals surface area (Å²) in [6.45, 7) is 0. The fraction of sp³-hybridized carbons (Fsp3) is 0.111. The average Bonchev–Trinajstić information content (AvgIpc) is 2.74. The molecule has 2 aromatic heterocycles. The zero-order valence-electron chi connectivity index (χ0n) is 7.42. The first kappa shape index (κ1) is 9.26. The van der Waals surface area contributed by atoms with Crippen molar-refractivity contribution in [1.29, 1.82) is 0 Å². The van der Waals surface area contributed by atoms with E-state index < -0.39 is 0 Å².